The second-order valence-electron chi connectivity index (χ2n) is 5.83. The van der Waals surface area contributed by atoms with Gasteiger partial charge in [-0.05, 0) is 31.6 Å². The second-order valence-corrected chi connectivity index (χ2v) is 5.83. The fourth-order valence-electron chi connectivity index (χ4n) is 3.31. The smallest absolute Gasteiger partial charge is 0.315 e. The second kappa shape index (κ2) is 6.78. The van der Waals surface area contributed by atoms with E-state index in [-0.39, 0.29) is 17.9 Å². The van der Waals surface area contributed by atoms with E-state index in [1.807, 2.05) is 0 Å². The highest BCUT2D eigenvalue weighted by Crippen LogP contribution is 2.29. The Kier molecular flexibility index (Phi) is 5.05. The zero-order chi connectivity index (χ0) is 13.7. The van der Waals surface area contributed by atoms with E-state index in [4.69, 9.17) is 0 Å². The summed E-state index contributed by atoms with van der Waals surface area (Å²) >= 11 is 0. The van der Waals surface area contributed by atoms with Crippen LogP contribution < -0.4 is 10.6 Å². The molecule has 2 saturated carbocycles. The van der Waals surface area contributed by atoms with Crippen LogP contribution in [0.4, 0.5) is 4.79 Å². The van der Waals surface area contributed by atoms with Crippen molar-refractivity contribution in [1.29, 1.82) is 0 Å². The van der Waals surface area contributed by atoms with Crippen molar-refractivity contribution in [3.8, 4) is 0 Å². The number of rotatable bonds is 4. The highest BCUT2D eigenvalue weighted by Gasteiger charge is 2.30. The average molecular weight is 268 g/mol. The summed E-state index contributed by atoms with van der Waals surface area (Å²) in [6.45, 7) is 0.482. The fraction of sp³-hybridized carbons (Fsp3) is 0.857. The van der Waals surface area contributed by atoms with Crippen molar-refractivity contribution in [2.75, 3.05) is 6.54 Å². The number of amides is 2. The first-order valence-electron chi connectivity index (χ1n) is 7.44. The molecule has 2 aliphatic carbocycles. The molecule has 2 unspecified atom stereocenters. The van der Waals surface area contributed by atoms with Crippen LogP contribution >= 0.6 is 0 Å². The minimum absolute atomic E-state index is 0.0839. The quantitative estimate of drug-likeness (QED) is 0.730. The number of hydrogen-bond acceptors (Lipinski definition) is 2. The summed E-state index contributed by atoms with van der Waals surface area (Å²) in [5.41, 5.74) is 0. The van der Waals surface area contributed by atoms with Gasteiger partial charge in [-0.2, -0.15) is 0 Å². The van der Waals surface area contributed by atoms with E-state index in [0.29, 0.717) is 12.6 Å². The summed E-state index contributed by atoms with van der Waals surface area (Å²) in [4.78, 5) is 22.9. The molecule has 0 aromatic carbocycles. The van der Waals surface area contributed by atoms with Gasteiger partial charge in [0.1, 0.15) is 0 Å². The van der Waals surface area contributed by atoms with Crippen molar-refractivity contribution in [3.05, 3.63) is 0 Å². The zero-order valence-corrected chi connectivity index (χ0v) is 11.4. The van der Waals surface area contributed by atoms with E-state index in [0.717, 1.165) is 38.5 Å². The molecule has 0 heterocycles. The number of carboxylic acid groups (broad SMARTS) is 1. The topological polar surface area (TPSA) is 78.4 Å². The third-order valence-electron chi connectivity index (χ3n) is 4.44. The first-order chi connectivity index (χ1) is 9.16. The Morgan fingerprint density at radius 3 is 2.32 bits per heavy atom. The van der Waals surface area contributed by atoms with Crippen molar-refractivity contribution in [3.63, 3.8) is 0 Å². The molecule has 2 aliphatic rings. The van der Waals surface area contributed by atoms with Gasteiger partial charge in [0, 0.05) is 12.6 Å². The molecule has 108 valence electrons. The molecule has 0 aliphatic heterocycles. The van der Waals surface area contributed by atoms with Gasteiger partial charge < -0.3 is 15.7 Å². The van der Waals surface area contributed by atoms with E-state index in [1.54, 1.807) is 0 Å². The lowest BCUT2D eigenvalue weighted by molar-refractivity contribution is -0.144. The third-order valence-corrected chi connectivity index (χ3v) is 4.44. The number of nitrogens with one attached hydrogen (secondary N) is 2. The Balaban J connectivity index is 1.73. The first-order valence-corrected chi connectivity index (χ1v) is 7.44. The largest absolute Gasteiger partial charge is 0.481 e. The minimum Gasteiger partial charge on any atom is -0.481 e. The highest BCUT2D eigenvalue weighted by molar-refractivity contribution is 5.74. The number of carbonyl (C=O) groups is 2. The van der Waals surface area contributed by atoms with Crippen LogP contribution in [0.1, 0.15) is 51.4 Å². The average Bonchev–Trinajstić information content (AvgIpc) is 2.89. The Morgan fingerprint density at radius 1 is 1.00 bits per heavy atom. The first kappa shape index (κ1) is 14.2. The molecule has 0 aromatic rings. The molecule has 0 spiro atoms. The van der Waals surface area contributed by atoms with Crippen molar-refractivity contribution >= 4 is 12.0 Å². The lowest BCUT2D eigenvalue weighted by Crippen LogP contribution is -2.44. The van der Waals surface area contributed by atoms with Crippen LogP contribution in [-0.4, -0.2) is 29.7 Å². The summed E-state index contributed by atoms with van der Waals surface area (Å²) in [5.74, 6) is -0.927. The van der Waals surface area contributed by atoms with Gasteiger partial charge in [-0.1, -0.05) is 25.7 Å². The predicted molar refractivity (Wildman–Crippen MR) is 71.9 cm³/mol. The van der Waals surface area contributed by atoms with Gasteiger partial charge in [0.05, 0.1) is 5.92 Å². The molecule has 3 N–H and O–H groups in total. The third kappa shape index (κ3) is 4.11. The van der Waals surface area contributed by atoms with E-state index in [9.17, 15) is 14.7 Å². The molecule has 5 nitrogen and oxygen atoms in total. The van der Waals surface area contributed by atoms with E-state index < -0.39 is 5.97 Å². The van der Waals surface area contributed by atoms with Crippen molar-refractivity contribution in [1.82, 2.24) is 10.6 Å². The molecule has 2 fully saturated rings. The Morgan fingerprint density at radius 2 is 1.63 bits per heavy atom. The fourth-order valence-corrected chi connectivity index (χ4v) is 3.31. The van der Waals surface area contributed by atoms with Gasteiger partial charge >= 0.3 is 12.0 Å². The predicted octanol–water partition coefficient (Wildman–Crippen LogP) is 2.12. The van der Waals surface area contributed by atoms with E-state index in [1.165, 1.54) is 12.8 Å². The van der Waals surface area contributed by atoms with Gasteiger partial charge in [-0.25, -0.2) is 4.79 Å². The van der Waals surface area contributed by atoms with Crippen molar-refractivity contribution < 1.29 is 14.7 Å². The minimum atomic E-state index is -0.720. The lowest BCUT2D eigenvalue weighted by Gasteiger charge is -2.28. The molecular weight excluding hydrogens is 244 g/mol. The summed E-state index contributed by atoms with van der Waals surface area (Å²) in [7, 11) is 0. The Bertz CT molecular complexity index is 327. The van der Waals surface area contributed by atoms with Crippen LogP contribution in [0.2, 0.25) is 0 Å². The SMILES string of the molecule is O=C(NCC1CCCCC1C(=O)O)NC1CCCC1. The summed E-state index contributed by atoms with van der Waals surface area (Å²) < 4.78 is 0. The molecule has 0 aromatic heterocycles. The van der Waals surface area contributed by atoms with Crippen LogP contribution in [0.5, 0.6) is 0 Å². The Hall–Kier alpha value is -1.26. The van der Waals surface area contributed by atoms with Gasteiger partial charge in [0.15, 0.2) is 0 Å². The maximum Gasteiger partial charge on any atom is 0.315 e. The van der Waals surface area contributed by atoms with Crippen LogP contribution in [0.25, 0.3) is 0 Å². The van der Waals surface area contributed by atoms with Crippen molar-refractivity contribution in [2.45, 2.75) is 57.4 Å². The lowest BCUT2D eigenvalue weighted by atomic mass is 9.79. The van der Waals surface area contributed by atoms with E-state index in [2.05, 4.69) is 10.6 Å². The van der Waals surface area contributed by atoms with E-state index >= 15 is 0 Å². The Labute approximate surface area is 114 Å². The molecule has 2 amide bonds. The molecule has 0 radical (unpaired) electrons. The van der Waals surface area contributed by atoms with Crippen LogP contribution in [0, 0.1) is 11.8 Å². The normalized spacial score (nSPS) is 28.0. The molecular formula is C14H24N2O3. The number of carboxylic acids is 1. The maximum absolute atomic E-state index is 11.7. The molecule has 5 heteroatoms. The van der Waals surface area contributed by atoms with Gasteiger partial charge in [-0.3, -0.25) is 4.79 Å². The zero-order valence-electron chi connectivity index (χ0n) is 11.4. The number of urea groups is 1. The summed E-state index contributed by atoms with van der Waals surface area (Å²) in [6, 6.07) is 0.170. The monoisotopic (exact) mass is 268 g/mol. The van der Waals surface area contributed by atoms with Crippen LogP contribution in [0.15, 0.2) is 0 Å². The maximum atomic E-state index is 11.7. The van der Waals surface area contributed by atoms with Crippen LogP contribution in [-0.2, 0) is 4.79 Å². The van der Waals surface area contributed by atoms with Crippen molar-refractivity contribution in [2.24, 2.45) is 11.8 Å². The van der Waals surface area contributed by atoms with Gasteiger partial charge in [0.2, 0.25) is 0 Å². The number of aliphatic carboxylic acids is 1. The molecule has 0 bridgehead atoms. The van der Waals surface area contributed by atoms with Gasteiger partial charge in [-0.15, -0.1) is 0 Å². The van der Waals surface area contributed by atoms with Gasteiger partial charge in [0.25, 0.3) is 0 Å². The summed E-state index contributed by atoms with van der Waals surface area (Å²) in [6.07, 6.45) is 8.21. The summed E-state index contributed by atoms with van der Waals surface area (Å²) in [5, 5.41) is 15.0. The molecule has 2 rings (SSSR count). The van der Waals surface area contributed by atoms with Crippen LogP contribution in [0.3, 0.4) is 0 Å². The molecule has 2 atom stereocenters. The standard InChI is InChI=1S/C14H24N2O3/c17-13(18)12-8-4-1-5-10(12)9-15-14(19)16-11-6-2-3-7-11/h10-12H,1-9H2,(H,17,18)(H2,15,16,19). The molecule has 0 saturated heterocycles. The number of hydrogen-bond donors (Lipinski definition) is 3. The highest BCUT2D eigenvalue weighted by atomic mass is 16.4. The molecule has 19 heavy (non-hydrogen) atoms. The number of carbonyl (C=O) groups excluding carboxylic acids is 1.